The van der Waals surface area contributed by atoms with Crippen molar-refractivity contribution in [2.45, 2.75) is 26.7 Å². The number of aryl methyl sites for hydroxylation is 1. The molecule has 20 heavy (non-hydrogen) atoms. The summed E-state index contributed by atoms with van der Waals surface area (Å²) in [7, 11) is 1.37. The molecule has 1 heterocycles. The number of nitrogens with one attached hydrogen (secondary N) is 1. The van der Waals surface area contributed by atoms with Crippen LogP contribution in [-0.4, -0.2) is 48.5 Å². The number of ether oxygens (including phenoxy) is 1. The van der Waals surface area contributed by atoms with Gasteiger partial charge in [0.05, 0.1) is 25.8 Å². The molecular weight excluding hydrogens is 278 g/mol. The Labute approximate surface area is 123 Å². The number of thiazole rings is 1. The predicted molar refractivity (Wildman–Crippen MR) is 78.9 cm³/mol. The van der Waals surface area contributed by atoms with Gasteiger partial charge in [0.2, 0.25) is 5.91 Å². The van der Waals surface area contributed by atoms with Crippen LogP contribution >= 0.6 is 11.3 Å². The summed E-state index contributed by atoms with van der Waals surface area (Å²) in [5.74, 6) is -0.189. The van der Waals surface area contributed by atoms with Crippen molar-refractivity contribution in [3.05, 3.63) is 11.1 Å². The van der Waals surface area contributed by atoms with Gasteiger partial charge in [-0.1, -0.05) is 0 Å². The molecule has 112 valence electrons. The molecule has 0 aromatic carbocycles. The highest BCUT2D eigenvalue weighted by Crippen LogP contribution is 2.16. The number of aromatic nitrogens is 1. The second kappa shape index (κ2) is 8.52. The lowest BCUT2D eigenvalue weighted by Crippen LogP contribution is -2.35. The second-order valence-corrected chi connectivity index (χ2v) is 5.00. The lowest BCUT2D eigenvalue weighted by Gasteiger charge is -2.18. The minimum absolute atomic E-state index is 0.0568. The fraction of sp³-hybridized carbons (Fsp3) is 0.615. The normalized spacial score (nSPS) is 10.2. The molecule has 1 rings (SSSR count). The highest BCUT2D eigenvalue weighted by molar-refractivity contribution is 7.13. The molecule has 0 spiro atoms. The van der Waals surface area contributed by atoms with E-state index in [2.05, 4.69) is 15.0 Å². The number of carbonyl (C=O) groups excluding carboxylic acids is 2. The summed E-state index contributed by atoms with van der Waals surface area (Å²) in [6.07, 6.45) is 0.868. The van der Waals surface area contributed by atoms with E-state index >= 15 is 0 Å². The van der Waals surface area contributed by atoms with Crippen LogP contribution < -0.4 is 5.32 Å². The van der Waals surface area contributed by atoms with Gasteiger partial charge >= 0.3 is 5.97 Å². The smallest absolute Gasteiger partial charge is 0.305 e. The zero-order chi connectivity index (χ0) is 15.0. The zero-order valence-electron chi connectivity index (χ0n) is 12.1. The average Bonchev–Trinajstić information content (AvgIpc) is 2.91. The highest BCUT2D eigenvalue weighted by Gasteiger charge is 2.10. The van der Waals surface area contributed by atoms with Crippen LogP contribution in [-0.2, 0) is 20.7 Å². The first-order chi connectivity index (χ1) is 9.60. The second-order valence-electron chi connectivity index (χ2n) is 4.14. The minimum Gasteiger partial charge on any atom is -0.469 e. The van der Waals surface area contributed by atoms with Crippen LogP contribution in [0.2, 0.25) is 0 Å². The van der Waals surface area contributed by atoms with Gasteiger partial charge in [0, 0.05) is 24.9 Å². The fourth-order valence-corrected chi connectivity index (χ4v) is 2.42. The van der Waals surface area contributed by atoms with Crippen molar-refractivity contribution in [3.63, 3.8) is 0 Å². The monoisotopic (exact) mass is 299 g/mol. The van der Waals surface area contributed by atoms with E-state index in [1.807, 2.05) is 19.2 Å². The molecule has 0 bridgehead atoms. The Morgan fingerprint density at radius 3 is 2.70 bits per heavy atom. The van der Waals surface area contributed by atoms with Crippen molar-refractivity contribution >= 4 is 28.3 Å². The third-order valence-corrected chi connectivity index (χ3v) is 3.72. The Morgan fingerprint density at radius 1 is 1.40 bits per heavy atom. The van der Waals surface area contributed by atoms with Crippen LogP contribution in [0.3, 0.4) is 0 Å². The Kier molecular flexibility index (Phi) is 7.00. The van der Waals surface area contributed by atoms with E-state index in [9.17, 15) is 9.59 Å². The molecule has 1 amide bonds. The Hall–Kier alpha value is -1.63. The van der Waals surface area contributed by atoms with Gasteiger partial charge in [-0.2, -0.15) is 0 Å². The third kappa shape index (κ3) is 5.16. The van der Waals surface area contributed by atoms with Gasteiger partial charge in [0.15, 0.2) is 5.13 Å². The molecule has 0 radical (unpaired) electrons. The molecule has 6 nitrogen and oxygen atoms in total. The molecule has 1 aromatic rings. The first-order valence-corrected chi connectivity index (χ1v) is 7.51. The Morgan fingerprint density at radius 2 is 2.10 bits per heavy atom. The largest absolute Gasteiger partial charge is 0.469 e. The van der Waals surface area contributed by atoms with E-state index in [4.69, 9.17) is 0 Å². The van der Waals surface area contributed by atoms with Gasteiger partial charge in [0.1, 0.15) is 0 Å². The Bertz CT molecular complexity index is 444. The zero-order valence-corrected chi connectivity index (χ0v) is 13.0. The van der Waals surface area contributed by atoms with Crippen LogP contribution in [0.1, 0.15) is 26.0 Å². The van der Waals surface area contributed by atoms with Crippen molar-refractivity contribution in [1.82, 2.24) is 9.88 Å². The molecule has 0 aliphatic heterocycles. The van der Waals surface area contributed by atoms with Gasteiger partial charge in [0.25, 0.3) is 0 Å². The molecule has 1 N–H and O–H groups in total. The number of methoxy groups -OCH3 is 1. The number of likely N-dealkylation sites (N-methyl/N-ethyl adjacent to an activating group) is 1. The maximum Gasteiger partial charge on any atom is 0.305 e. The summed E-state index contributed by atoms with van der Waals surface area (Å²) in [5.41, 5.74) is 0.832. The summed E-state index contributed by atoms with van der Waals surface area (Å²) in [5, 5.41) is 5.60. The molecule has 0 unspecified atom stereocenters. The van der Waals surface area contributed by atoms with Gasteiger partial charge in [-0.05, 0) is 13.8 Å². The van der Waals surface area contributed by atoms with E-state index in [-0.39, 0.29) is 18.4 Å². The van der Waals surface area contributed by atoms with Crippen molar-refractivity contribution in [3.8, 4) is 0 Å². The van der Waals surface area contributed by atoms with E-state index in [1.54, 1.807) is 4.90 Å². The van der Waals surface area contributed by atoms with Crippen LogP contribution in [0.25, 0.3) is 0 Å². The first-order valence-electron chi connectivity index (χ1n) is 6.63. The maximum absolute atomic E-state index is 11.8. The number of hydrogen-bond acceptors (Lipinski definition) is 6. The third-order valence-electron chi connectivity index (χ3n) is 2.87. The molecule has 7 heteroatoms. The molecule has 0 aliphatic rings. The summed E-state index contributed by atoms with van der Waals surface area (Å²) < 4.78 is 4.58. The van der Waals surface area contributed by atoms with Crippen molar-refractivity contribution in [2.75, 3.05) is 32.1 Å². The average molecular weight is 299 g/mol. The summed E-state index contributed by atoms with van der Waals surface area (Å²) in [6.45, 7) is 5.57. The molecule has 0 atom stereocenters. The fourth-order valence-electron chi connectivity index (χ4n) is 1.67. The van der Waals surface area contributed by atoms with Gasteiger partial charge < -0.3 is 15.0 Å². The molecular formula is C13H21N3O3S. The number of rotatable bonds is 8. The standard InChI is InChI=1S/C13H21N3O3S/c1-4-16(5-2)11(17)8-14-13-15-10(9-20-13)6-7-12(18)19-3/h9H,4-8H2,1-3H3,(H,14,15). The number of anilines is 1. The number of hydrogen-bond donors (Lipinski definition) is 1. The first kappa shape index (κ1) is 16.4. The van der Waals surface area contributed by atoms with E-state index in [1.165, 1.54) is 18.4 Å². The lowest BCUT2D eigenvalue weighted by molar-refractivity contribution is -0.140. The number of nitrogens with zero attached hydrogens (tertiary/aromatic N) is 2. The van der Waals surface area contributed by atoms with Crippen molar-refractivity contribution in [2.24, 2.45) is 0 Å². The quantitative estimate of drug-likeness (QED) is 0.737. The number of esters is 1. The summed E-state index contributed by atoms with van der Waals surface area (Å²) in [4.78, 5) is 28.9. The molecule has 0 saturated heterocycles. The van der Waals surface area contributed by atoms with E-state index in [0.717, 1.165) is 5.69 Å². The molecule has 0 saturated carbocycles. The van der Waals surface area contributed by atoms with Crippen molar-refractivity contribution < 1.29 is 14.3 Å². The SMILES string of the molecule is CCN(CC)C(=O)CNc1nc(CCC(=O)OC)cs1. The van der Waals surface area contributed by atoms with Gasteiger partial charge in [-0.15, -0.1) is 11.3 Å². The van der Waals surface area contributed by atoms with Crippen LogP contribution in [0.4, 0.5) is 5.13 Å². The van der Waals surface area contributed by atoms with Gasteiger partial charge in [-0.3, -0.25) is 9.59 Å². The summed E-state index contributed by atoms with van der Waals surface area (Å²) >= 11 is 1.43. The molecule has 0 fully saturated rings. The van der Waals surface area contributed by atoms with Crippen molar-refractivity contribution in [1.29, 1.82) is 0 Å². The molecule has 0 aliphatic carbocycles. The number of carbonyl (C=O) groups is 2. The molecule has 1 aromatic heterocycles. The predicted octanol–water partition coefficient (Wildman–Crippen LogP) is 1.53. The highest BCUT2D eigenvalue weighted by atomic mass is 32.1. The van der Waals surface area contributed by atoms with Gasteiger partial charge in [-0.25, -0.2) is 4.98 Å². The Balaban J connectivity index is 2.40. The van der Waals surface area contributed by atoms with Crippen LogP contribution in [0.5, 0.6) is 0 Å². The topological polar surface area (TPSA) is 71.5 Å². The maximum atomic E-state index is 11.8. The minimum atomic E-state index is -0.246. The van der Waals surface area contributed by atoms with Crippen LogP contribution in [0.15, 0.2) is 5.38 Å². The summed E-state index contributed by atoms with van der Waals surface area (Å²) in [6, 6.07) is 0. The van der Waals surface area contributed by atoms with E-state index in [0.29, 0.717) is 31.1 Å². The number of amides is 1. The van der Waals surface area contributed by atoms with Crippen LogP contribution in [0, 0.1) is 0 Å². The lowest BCUT2D eigenvalue weighted by atomic mass is 10.2. The van der Waals surface area contributed by atoms with E-state index < -0.39 is 0 Å².